The van der Waals surface area contributed by atoms with Gasteiger partial charge in [-0.25, -0.2) is 0 Å². The van der Waals surface area contributed by atoms with Gasteiger partial charge in [-0.15, -0.1) is 0 Å². The van der Waals surface area contributed by atoms with Gasteiger partial charge in [0.05, 0.1) is 14.2 Å². The van der Waals surface area contributed by atoms with Crippen molar-refractivity contribution in [3.8, 4) is 11.5 Å². The maximum atomic E-state index is 6.28. The van der Waals surface area contributed by atoms with E-state index in [4.69, 9.17) is 15.2 Å². The third-order valence-corrected chi connectivity index (χ3v) is 3.38. The van der Waals surface area contributed by atoms with Gasteiger partial charge in [0.15, 0.2) is 11.5 Å². The molecule has 1 aromatic heterocycles. The zero-order chi connectivity index (χ0) is 14.5. The second-order valence-electron chi connectivity index (χ2n) is 4.73. The highest BCUT2D eigenvalue weighted by molar-refractivity contribution is 5.43. The van der Waals surface area contributed by atoms with Crippen molar-refractivity contribution < 1.29 is 9.47 Å². The molecule has 1 unspecified atom stereocenters. The number of methoxy groups -OCH3 is 2. The maximum absolute atomic E-state index is 6.28. The van der Waals surface area contributed by atoms with Gasteiger partial charge in [0.2, 0.25) is 0 Å². The van der Waals surface area contributed by atoms with Crippen molar-refractivity contribution >= 4 is 0 Å². The Bertz CT molecular complexity index is 584. The second-order valence-corrected chi connectivity index (χ2v) is 4.73. The lowest BCUT2D eigenvalue weighted by Gasteiger charge is -2.15. The molecule has 0 bridgehead atoms. The standard InChI is InChI=1S/C16H20N2O2/c1-11-6-7-18-10-13(11)14(17)8-12-4-5-15(19-2)16(9-12)20-3/h4-7,9-10,14H,8,17H2,1-3H3. The zero-order valence-corrected chi connectivity index (χ0v) is 12.1. The molecule has 20 heavy (non-hydrogen) atoms. The summed E-state index contributed by atoms with van der Waals surface area (Å²) < 4.78 is 10.5. The van der Waals surface area contributed by atoms with E-state index in [-0.39, 0.29) is 6.04 Å². The summed E-state index contributed by atoms with van der Waals surface area (Å²) in [6.45, 7) is 2.05. The summed E-state index contributed by atoms with van der Waals surface area (Å²) in [4.78, 5) is 4.14. The van der Waals surface area contributed by atoms with Crippen molar-refractivity contribution in [2.24, 2.45) is 5.73 Å². The highest BCUT2D eigenvalue weighted by Gasteiger charge is 2.12. The maximum Gasteiger partial charge on any atom is 0.160 e. The van der Waals surface area contributed by atoms with Crippen molar-refractivity contribution in [2.45, 2.75) is 19.4 Å². The van der Waals surface area contributed by atoms with Crippen LogP contribution in [0.4, 0.5) is 0 Å². The molecule has 4 nitrogen and oxygen atoms in total. The van der Waals surface area contributed by atoms with Crippen molar-refractivity contribution in [3.63, 3.8) is 0 Å². The van der Waals surface area contributed by atoms with Crippen LogP contribution >= 0.6 is 0 Å². The largest absolute Gasteiger partial charge is 0.493 e. The minimum Gasteiger partial charge on any atom is -0.493 e. The Kier molecular flexibility index (Phi) is 4.58. The van der Waals surface area contributed by atoms with Gasteiger partial charge >= 0.3 is 0 Å². The van der Waals surface area contributed by atoms with E-state index in [2.05, 4.69) is 4.98 Å². The summed E-state index contributed by atoms with van der Waals surface area (Å²) in [5, 5.41) is 0. The number of ether oxygens (including phenoxy) is 2. The van der Waals surface area contributed by atoms with Gasteiger partial charge in [0.1, 0.15) is 0 Å². The SMILES string of the molecule is COc1ccc(CC(N)c2cnccc2C)cc1OC. The van der Waals surface area contributed by atoms with E-state index in [9.17, 15) is 0 Å². The summed E-state index contributed by atoms with van der Waals surface area (Å²) >= 11 is 0. The van der Waals surface area contributed by atoms with Gasteiger partial charge < -0.3 is 15.2 Å². The van der Waals surface area contributed by atoms with E-state index >= 15 is 0 Å². The summed E-state index contributed by atoms with van der Waals surface area (Å²) in [6, 6.07) is 7.76. The lowest BCUT2D eigenvalue weighted by Crippen LogP contribution is -2.15. The van der Waals surface area contributed by atoms with E-state index < -0.39 is 0 Å². The van der Waals surface area contributed by atoms with E-state index in [1.54, 1.807) is 20.4 Å². The smallest absolute Gasteiger partial charge is 0.160 e. The number of aryl methyl sites for hydroxylation is 1. The predicted octanol–water partition coefficient (Wildman–Crippen LogP) is 2.65. The van der Waals surface area contributed by atoms with Crippen LogP contribution in [0.1, 0.15) is 22.7 Å². The fraction of sp³-hybridized carbons (Fsp3) is 0.312. The lowest BCUT2D eigenvalue weighted by molar-refractivity contribution is 0.354. The van der Waals surface area contributed by atoms with Gasteiger partial charge in [0, 0.05) is 18.4 Å². The molecule has 106 valence electrons. The zero-order valence-electron chi connectivity index (χ0n) is 12.1. The van der Waals surface area contributed by atoms with Gasteiger partial charge in [-0.3, -0.25) is 4.98 Å². The number of hydrogen-bond donors (Lipinski definition) is 1. The van der Waals surface area contributed by atoms with Crippen LogP contribution in [0.25, 0.3) is 0 Å². The molecular weight excluding hydrogens is 252 g/mol. The molecule has 2 aromatic rings. The fourth-order valence-corrected chi connectivity index (χ4v) is 2.24. The minimum atomic E-state index is -0.0817. The van der Waals surface area contributed by atoms with Crippen LogP contribution in [0, 0.1) is 6.92 Å². The Morgan fingerprint density at radius 1 is 1.15 bits per heavy atom. The normalized spacial score (nSPS) is 12.0. The molecule has 1 aromatic carbocycles. The Morgan fingerprint density at radius 2 is 1.90 bits per heavy atom. The first-order valence-electron chi connectivity index (χ1n) is 6.52. The van der Waals surface area contributed by atoms with Crippen molar-refractivity contribution in [3.05, 3.63) is 53.3 Å². The topological polar surface area (TPSA) is 57.4 Å². The van der Waals surface area contributed by atoms with E-state index in [0.29, 0.717) is 0 Å². The lowest BCUT2D eigenvalue weighted by atomic mass is 9.97. The predicted molar refractivity (Wildman–Crippen MR) is 79.2 cm³/mol. The molecule has 0 aliphatic carbocycles. The first-order valence-corrected chi connectivity index (χ1v) is 6.52. The molecule has 1 atom stereocenters. The molecule has 0 aliphatic heterocycles. The van der Waals surface area contributed by atoms with Crippen LogP contribution in [0.2, 0.25) is 0 Å². The number of nitrogens with zero attached hydrogens (tertiary/aromatic N) is 1. The molecule has 0 radical (unpaired) electrons. The van der Waals surface area contributed by atoms with E-state index in [0.717, 1.165) is 34.6 Å². The summed E-state index contributed by atoms with van der Waals surface area (Å²) in [7, 11) is 3.26. The third-order valence-electron chi connectivity index (χ3n) is 3.38. The van der Waals surface area contributed by atoms with E-state index in [1.807, 2.05) is 37.4 Å². The number of benzene rings is 1. The third kappa shape index (κ3) is 3.08. The molecule has 0 aliphatic rings. The summed E-state index contributed by atoms with van der Waals surface area (Å²) in [5.41, 5.74) is 9.62. The second kappa shape index (κ2) is 6.39. The van der Waals surface area contributed by atoms with Crippen LogP contribution < -0.4 is 15.2 Å². The minimum absolute atomic E-state index is 0.0817. The number of hydrogen-bond acceptors (Lipinski definition) is 4. The van der Waals surface area contributed by atoms with Crippen LogP contribution in [-0.2, 0) is 6.42 Å². The molecule has 2 N–H and O–H groups in total. The quantitative estimate of drug-likeness (QED) is 0.909. The fourth-order valence-electron chi connectivity index (χ4n) is 2.24. The Hall–Kier alpha value is -2.07. The Labute approximate surface area is 119 Å². The van der Waals surface area contributed by atoms with Crippen molar-refractivity contribution in [1.82, 2.24) is 4.98 Å². The first-order chi connectivity index (χ1) is 9.65. The van der Waals surface area contributed by atoms with Crippen molar-refractivity contribution in [1.29, 1.82) is 0 Å². The molecule has 0 saturated carbocycles. The van der Waals surface area contributed by atoms with Crippen LogP contribution in [0.15, 0.2) is 36.7 Å². The average molecular weight is 272 g/mol. The molecule has 0 amide bonds. The molecule has 1 heterocycles. The van der Waals surface area contributed by atoms with Crippen LogP contribution in [0.3, 0.4) is 0 Å². The molecule has 0 saturated heterocycles. The molecule has 0 fully saturated rings. The Morgan fingerprint density at radius 3 is 2.55 bits per heavy atom. The van der Waals surface area contributed by atoms with E-state index in [1.165, 1.54) is 0 Å². The molecule has 2 rings (SSSR count). The number of rotatable bonds is 5. The Balaban J connectivity index is 2.20. The highest BCUT2D eigenvalue weighted by Crippen LogP contribution is 2.29. The average Bonchev–Trinajstić information content (AvgIpc) is 2.47. The van der Waals surface area contributed by atoms with Crippen molar-refractivity contribution in [2.75, 3.05) is 14.2 Å². The highest BCUT2D eigenvalue weighted by atomic mass is 16.5. The summed E-state index contributed by atoms with van der Waals surface area (Å²) in [5.74, 6) is 1.45. The molecular formula is C16H20N2O2. The van der Waals surface area contributed by atoms with Crippen LogP contribution in [-0.4, -0.2) is 19.2 Å². The monoisotopic (exact) mass is 272 g/mol. The van der Waals surface area contributed by atoms with Gasteiger partial charge in [-0.2, -0.15) is 0 Å². The van der Waals surface area contributed by atoms with Gasteiger partial charge in [-0.05, 0) is 48.2 Å². The number of pyridine rings is 1. The van der Waals surface area contributed by atoms with Crippen LogP contribution in [0.5, 0.6) is 11.5 Å². The molecule has 0 spiro atoms. The number of nitrogens with two attached hydrogens (primary N) is 1. The summed E-state index contributed by atoms with van der Waals surface area (Å²) in [6.07, 6.45) is 4.34. The van der Waals surface area contributed by atoms with Gasteiger partial charge in [0.25, 0.3) is 0 Å². The van der Waals surface area contributed by atoms with Gasteiger partial charge in [-0.1, -0.05) is 6.07 Å². The molecule has 4 heteroatoms. The number of aromatic nitrogens is 1. The first kappa shape index (κ1) is 14.3.